The fraction of sp³-hybridized carbons (Fsp3) is 0.750. The molecule has 0 aliphatic heterocycles. The van der Waals surface area contributed by atoms with Gasteiger partial charge < -0.3 is 4.57 Å². The molecule has 0 atom stereocenters. The Morgan fingerprint density at radius 3 is 2.09 bits per heavy atom. The van der Waals surface area contributed by atoms with Crippen LogP contribution in [0.2, 0.25) is 0 Å². The molecule has 3 nitrogen and oxygen atoms in total. The van der Waals surface area contributed by atoms with E-state index < -0.39 is 0 Å². The molecular weight excluding hydrogens is 138 g/mol. The van der Waals surface area contributed by atoms with E-state index in [0.717, 1.165) is 5.82 Å². The first-order valence-corrected chi connectivity index (χ1v) is 3.36. The third kappa shape index (κ3) is 2.03. The SMILES string of the molecule is C.Cn1cnnc1C(C)(C)C. The molecule has 1 aromatic rings. The standard InChI is InChI=1S/C7H13N3.CH4/c1-7(2,3)6-9-8-5-10(6)4;/h5H,1-4H3;1H4. The molecule has 11 heavy (non-hydrogen) atoms. The van der Waals surface area contributed by atoms with Gasteiger partial charge in [0.1, 0.15) is 12.2 Å². The summed E-state index contributed by atoms with van der Waals surface area (Å²) in [6.07, 6.45) is 1.72. The first kappa shape index (κ1) is 10.1. The van der Waals surface area contributed by atoms with E-state index in [1.165, 1.54) is 0 Å². The Kier molecular flexibility index (Phi) is 2.79. The molecular formula is C8H17N3. The van der Waals surface area contributed by atoms with Gasteiger partial charge in [-0.15, -0.1) is 10.2 Å². The lowest BCUT2D eigenvalue weighted by molar-refractivity contribution is 0.520. The van der Waals surface area contributed by atoms with E-state index in [1.54, 1.807) is 6.33 Å². The summed E-state index contributed by atoms with van der Waals surface area (Å²) in [5.74, 6) is 1.02. The largest absolute Gasteiger partial charge is 0.320 e. The van der Waals surface area contributed by atoms with Gasteiger partial charge in [-0.25, -0.2) is 0 Å². The third-order valence-corrected chi connectivity index (χ3v) is 1.38. The highest BCUT2D eigenvalue weighted by Crippen LogP contribution is 2.17. The van der Waals surface area contributed by atoms with Crippen LogP contribution in [0.3, 0.4) is 0 Å². The van der Waals surface area contributed by atoms with E-state index in [-0.39, 0.29) is 12.8 Å². The van der Waals surface area contributed by atoms with Crippen molar-refractivity contribution < 1.29 is 0 Å². The minimum Gasteiger partial charge on any atom is -0.320 e. The van der Waals surface area contributed by atoms with Crippen molar-refractivity contribution in [2.45, 2.75) is 33.6 Å². The van der Waals surface area contributed by atoms with Gasteiger partial charge in [-0.05, 0) is 0 Å². The summed E-state index contributed by atoms with van der Waals surface area (Å²) < 4.78 is 1.94. The van der Waals surface area contributed by atoms with Crippen molar-refractivity contribution in [3.63, 3.8) is 0 Å². The Morgan fingerprint density at radius 2 is 1.91 bits per heavy atom. The quantitative estimate of drug-likeness (QED) is 0.571. The van der Waals surface area contributed by atoms with E-state index in [0.29, 0.717) is 0 Å². The predicted octanol–water partition coefficient (Wildman–Crippen LogP) is 1.75. The monoisotopic (exact) mass is 155 g/mol. The van der Waals surface area contributed by atoms with Crippen molar-refractivity contribution in [3.8, 4) is 0 Å². The summed E-state index contributed by atoms with van der Waals surface area (Å²) in [7, 11) is 1.96. The molecule has 0 aliphatic rings. The second kappa shape index (κ2) is 3.03. The number of hydrogen-bond acceptors (Lipinski definition) is 2. The fourth-order valence-electron chi connectivity index (χ4n) is 0.962. The average molecular weight is 155 g/mol. The molecule has 0 spiro atoms. The third-order valence-electron chi connectivity index (χ3n) is 1.38. The first-order chi connectivity index (χ1) is 4.52. The van der Waals surface area contributed by atoms with E-state index in [4.69, 9.17) is 0 Å². The molecule has 0 radical (unpaired) electrons. The van der Waals surface area contributed by atoms with Gasteiger partial charge >= 0.3 is 0 Å². The van der Waals surface area contributed by atoms with Crippen molar-refractivity contribution in [3.05, 3.63) is 12.2 Å². The smallest absolute Gasteiger partial charge is 0.137 e. The van der Waals surface area contributed by atoms with Crippen LogP contribution in [0.1, 0.15) is 34.0 Å². The lowest BCUT2D eigenvalue weighted by Crippen LogP contribution is -2.17. The Hall–Kier alpha value is -0.860. The van der Waals surface area contributed by atoms with Crippen LogP contribution in [0.5, 0.6) is 0 Å². The molecule has 0 N–H and O–H groups in total. The van der Waals surface area contributed by atoms with E-state index in [2.05, 4.69) is 31.0 Å². The van der Waals surface area contributed by atoms with Gasteiger partial charge in [0.05, 0.1) is 0 Å². The summed E-state index contributed by atoms with van der Waals surface area (Å²) in [5.41, 5.74) is 0.102. The van der Waals surface area contributed by atoms with Crippen LogP contribution in [0, 0.1) is 0 Å². The zero-order chi connectivity index (χ0) is 7.78. The zero-order valence-corrected chi connectivity index (χ0v) is 6.92. The second-order valence-electron chi connectivity index (χ2n) is 3.52. The molecule has 1 aromatic heterocycles. The van der Waals surface area contributed by atoms with Crippen molar-refractivity contribution in [2.24, 2.45) is 7.05 Å². The summed E-state index contributed by atoms with van der Waals surface area (Å²) in [4.78, 5) is 0. The summed E-state index contributed by atoms with van der Waals surface area (Å²) >= 11 is 0. The molecule has 0 unspecified atom stereocenters. The van der Waals surface area contributed by atoms with Crippen LogP contribution in [-0.2, 0) is 12.5 Å². The normalized spacial score (nSPS) is 10.9. The summed E-state index contributed by atoms with van der Waals surface area (Å²) in [5, 5.41) is 7.80. The number of aromatic nitrogens is 3. The molecule has 0 aliphatic carbocycles. The van der Waals surface area contributed by atoms with Gasteiger partial charge in [-0.2, -0.15) is 0 Å². The minimum atomic E-state index is 0. The maximum absolute atomic E-state index is 4.00. The zero-order valence-electron chi connectivity index (χ0n) is 6.92. The van der Waals surface area contributed by atoms with Crippen molar-refractivity contribution in [1.29, 1.82) is 0 Å². The highest BCUT2D eigenvalue weighted by Gasteiger charge is 2.18. The van der Waals surface area contributed by atoms with Crippen molar-refractivity contribution >= 4 is 0 Å². The number of rotatable bonds is 0. The van der Waals surface area contributed by atoms with Crippen LogP contribution in [-0.4, -0.2) is 14.8 Å². The molecule has 0 saturated carbocycles. The first-order valence-electron chi connectivity index (χ1n) is 3.36. The van der Waals surface area contributed by atoms with Gasteiger partial charge in [0, 0.05) is 12.5 Å². The van der Waals surface area contributed by atoms with Crippen LogP contribution in [0.25, 0.3) is 0 Å². The molecule has 0 amide bonds. The molecule has 0 saturated heterocycles. The molecule has 64 valence electrons. The van der Waals surface area contributed by atoms with E-state index in [1.807, 2.05) is 11.6 Å². The van der Waals surface area contributed by atoms with Crippen molar-refractivity contribution in [1.82, 2.24) is 14.8 Å². The van der Waals surface area contributed by atoms with Gasteiger partial charge in [0.25, 0.3) is 0 Å². The molecule has 1 rings (SSSR count). The molecule has 3 heteroatoms. The minimum absolute atomic E-state index is 0. The van der Waals surface area contributed by atoms with Gasteiger partial charge in [-0.1, -0.05) is 28.2 Å². The Labute approximate surface area is 68.5 Å². The molecule has 1 heterocycles. The molecule has 0 bridgehead atoms. The number of aryl methyl sites for hydroxylation is 1. The maximum Gasteiger partial charge on any atom is 0.137 e. The van der Waals surface area contributed by atoms with Crippen LogP contribution < -0.4 is 0 Å². The fourth-order valence-corrected chi connectivity index (χ4v) is 0.962. The topological polar surface area (TPSA) is 30.7 Å². The Balaban J connectivity index is 0.000001000. The summed E-state index contributed by atoms with van der Waals surface area (Å²) in [6, 6.07) is 0. The van der Waals surface area contributed by atoms with E-state index >= 15 is 0 Å². The Morgan fingerprint density at radius 1 is 1.36 bits per heavy atom. The second-order valence-corrected chi connectivity index (χ2v) is 3.52. The van der Waals surface area contributed by atoms with Crippen molar-refractivity contribution in [2.75, 3.05) is 0 Å². The van der Waals surface area contributed by atoms with Gasteiger partial charge in [-0.3, -0.25) is 0 Å². The Bertz CT molecular complexity index is 219. The molecule has 0 fully saturated rings. The van der Waals surface area contributed by atoms with Gasteiger partial charge in [0.2, 0.25) is 0 Å². The van der Waals surface area contributed by atoms with Crippen LogP contribution in [0.15, 0.2) is 6.33 Å². The lowest BCUT2D eigenvalue weighted by Gasteiger charge is -2.15. The maximum atomic E-state index is 4.00. The average Bonchev–Trinajstić information content (AvgIpc) is 2.11. The number of nitrogens with zero attached hydrogens (tertiary/aromatic N) is 3. The van der Waals surface area contributed by atoms with Crippen LogP contribution in [0.4, 0.5) is 0 Å². The lowest BCUT2D eigenvalue weighted by atomic mass is 9.96. The van der Waals surface area contributed by atoms with Gasteiger partial charge in [0.15, 0.2) is 0 Å². The predicted molar refractivity (Wildman–Crippen MR) is 46.4 cm³/mol. The summed E-state index contributed by atoms with van der Waals surface area (Å²) in [6.45, 7) is 6.37. The number of hydrogen-bond donors (Lipinski definition) is 0. The highest BCUT2D eigenvalue weighted by molar-refractivity contribution is 4.99. The van der Waals surface area contributed by atoms with Crippen LogP contribution >= 0.6 is 0 Å². The highest BCUT2D eigenvalue weighted by atomic mass is 15.3. The molecule has 0 aromatic carbocycles. The van der Waals surface area contributed by atoms with E-state index in [9.17, 15) is 0 Å².